The van der Waals surface area contributed by atoms with E-state index in [0.29, 0.717) is 5.75 Å². The average Bonchev–Trinajstić information content (AvgIpc) is 2.95. The molecule has 2 amide bonds. The number of cyclic esters (lactones) is 1. The molecule has 0 saturated carbocycles. The fourth-order valence-corrected chi connectivity index (χ4v) is 3.61. The van der Waals surface area contributed by atoms with Crippen molar-refractivity contribution in [1.29, 1.82) is 0 Å². The quantitative estimate of drug-likeness (QED) is 0.724. The number of benzene rings is 2. The van der Waals surface area contributed by atoms with Gasteiger partial charge in [-0.05, 0) is 37.6 Å². The lowest BCUT2D eigenvalue weighted by Crippen LogP contribution is -2.40. The lowest BCUT2D eigenvalue weighted by atomic mass is 9.97. The highest BCUT2D eigenvalue weighted by Gasteiger charge is 2.45. The zero-order valence-corrected chi connectivity index (χ0v) is 16.4. The standard InChI is InChI=1S/C20H20BrNO4/c1-12(16-11-15(21)9-10-17(16)25-3)19(23)22-13(2)18(26-20(22)24)14-7-5-4-6-8-14/h4-13,18H,1-3H3. The normalized spacial score (nSPS) is 20.6. The minimum absolute atomic E-state index is 0.308. The van der Waals surface area contributed by atoms with Crippen LogP contribution in [0.15, 0.2) is 53.0 Å². The summed E-state index contributed by atoms with van der Waals surface area (Å²) in [4.78, 5) is 26.7. The maximum Gasteiger partial charge on any atom is 0.417 e. The summed E-state index contributed by atoms with van der Waals surface area (Å²) in [6, 6.07) is 14.5. The highest BCUT2D eigenvalue weighted by Crippen LogP contribution is 2.36. The van der Waals surface area contributed by atoms with E-state index in [1.165, 1.54) is 4.90 Å². The van der Waals surface area contributed by atoms with E-state index in [-0.39, 0.29) is 5.91 Å². The number of hydrogen-bond acceptors (Lipinski definition) is 4. The van der Waals surface area contributed by atoms with E-state index >= 15 is 0 Å². The van der Waals surface area contributed by atoms with Crippen molar-refractivity contribution < 1.29 is 19.1 Å². The third kappa shape index (κ3) is 3.33. The number of carbonyl (C=O) groups excluding carboxylic acids is 2. The van der Waals surface area contributed by atoms with Crippen molar-refractivity contribution in [3.8, 4) is 5.75 Å². The van der Waals surface area contributed by atoms with Crippen LogP contribution in [0.2, 0.25) is 0 Å². The molecule has 1 aliphatic rings. The van der Waals surface area contributed by atoms with E-state index in [0.717, 1.165) is 15.6 Å². The van der Waals surface area contributed by atoms with Crippen LogP contribution in [0.25, 0.3) is 0 Å². The zero-order valence-electron chi connectivity index (χ0n) is 14.8. The molecule has 1 aliphatic heterocycles. The number of halogens is 1. The molecule has 3 unspecified atom stereocenters. The SMILES string of the molecule is COc1ccc(Br)cc1C(C)C(=O)N1C(=O)OC(c2ccccc2)C1C. The van der Waals surface area contributed by atoms with Crippen molar-refractivity contribution in [2.24, 2.45) is 0 Å². The third-order valence-electron chi connectivity index (χ3n) is 4.66. The summed E-state index contributed by atoms with van der Waals surface area (Å²) in [6.07, 6.45) is -1.08. The molecule has 1 fully saturated rings. The Morgan fingerprint density at radius 2 is 1.92 bits per heavy atom. The molecule has 0 aliphatic carbocycles. The molecule has 5 nitrogen and oxygen atoms in total. The molecule has 0 aromatic heterocycles. The number of methoxy groups -OCH3 is 1. The van der Waals surface area contributed by atoms with E-state index in [1.54, 1.807) is 20.1 Å². The average molecular weight is 418 g/mol. The summed E-state index contributed by atoms with van der Waals surface area (Å²) in [5, 5.41) is 0. The van der Waals surface area contributed by atoms with Crippen LogP contribution in [0.1, 0.15) is 37.0 Å². The largest absolute Gasteiger partial charge is 0.496 e. The number of imide groups is 1. The fraction of sp³-hybridized carbons (Fsp3) is 0.300. The second kappa shape index (κ2) is 7.50. The Morgan fingerprint density at radius 1 is 1.23 bits per heavy atom. The highest BCUT2D eigenvalue weighted by molar-refractivity contribution is 9.10. The molecule has 2 aromatic rings. The van der Waals surface area contributed by atoms with Gasteiger partial charge in [-0.3, -0.25) is 4.79 Å². The van der Waals surface area contributed by atoms with Crippen molar-refractivity contribution >= 4 is 27.9 Å². The van der Waals surface area contributed by atoms with Crippen molar-refractivity contribution in [1.82, 2.24) is 4.90 Å². The van der Waals surface area contributed by atoms with Gasteiger partial charge >= 0.3 is 6.09 Å². The molecular formula is C20H20BrNO4. The summed E-state index contributed by atoms with van der Waals surface area (Å²) in [6.45, 7) is 3.59. The van der Waals surface area contributed by atoms with E-state index in [9.17, 15) is 9.59 Å². The van der Waals surface area contributed by atoms with E-state index in [4.69, 9.17) is 9.47 Å². The molecule has 0 spiro atoms. The van der Waals surface area contributed by atoms with Gasteiger partial charge in [0.15, 0.2) is 0 Å². The van der Waals surface area contributed by atoms with Crippen molar-refractivity contribution in [2.75, 3.05) is 7.11 Å². The van der Waals surface area contributed by atoms with Crippen LogP contribution in [0.4, 0.5) is 4.79 Å². The number of rotatable bonds is 4. The van der Waals surface area contributed by atoms with Gasteiger partial charge in [0.2, 0.25) is 5.91 Å². The van der Waals surface area contributed by atoms with E-state index in [2.05, 4.69) is 15.9 Å². The highest BCUT2D eigenvalue weighted by atomic mass is 79.9. The lowest BCUT2D eigenvalue weighted by molar-refractivity contribution is -0.130. The van der Waals surface area contributed by atoms with Crippen LogP contribution < -0.4 is 4.74 Å². The number of hydrogen-bond donors (Lipinski definition) is 0. The van der Waals surface area contributed by atoms with Crippen LogP contribution >= 0.6 is 15.9 Å². The van der Waals surface area contributed by atoms with E-state index < -0.39 is 24.2 Å². The molecule has 1 saturated heterocycles. The molecule has 2 aromatic carbocycles. The molecule has 0 bridgehead atoms. The maximum absolute atomic E-state index is 13.1. The minimum Gasteiger partial charge on any atom is -0.496 e. The zero-order chi connectivity index (χ0) is 18.8. The van der Waals surface area contributed by atoms with Gasteiger partial charge in [-0.15, -0.1) is 0 Å². The first-order chi connectivity index (χ1) is 12.4. The van der Waals surface area contributed by atoms with Crippen LogP contribution in [-0.4, -0.2) is 30.1 Å². The first-order valence-electron chi connectivity index (χ1n) is 8.36. The smallest absolute Gasteiger partial charge is 0.417 e. The van der Waals surface area contributed by atoms with Crippen molar-refractivity contribution in [3.63, 3.8) is 0 Å². The second-order valence-corrected chi connectivity index (χ2v) is 7.19. The number of amides is 2. The summed E-state index contributed by atoms with van der Waals surface area (Å²) in [5.74, 6) is -0.252. The second-order valence-electron chi connectivity index (χ2n) is 6.27. The monoisotopic (exact) mass is 417 g/mol. The fourth-order valence-electron chi connectivity index (χ4n) is 3.23. The predicted octanol–water partition coefficient (Wildman–Crippen LogP) is 4.67. The van der Waals surface area contributed by atoms with Crippen molar-refractivity contribution in [2.45, 2.75) is 31.9 Å². The maximum atomic E-state index is 13.1. The molecule has 3 rings (SSSR count). The lowest BCUT2D eigenvalue weighted by Gasteiger charge is -2.23. The minimum atomic E-state index is -0.614. The van der Waals surface area contributed by atoms with Gasteiger partial charge in [0.1, 0.15) is 11.9 Å². The number of nitrogens with zero attached hydrogens (tertiary/aromatic N) is 1. The molecule has 1 heterocycles. The van der Waals surface area contributed by atoms with E-state index in [1.807, 2.05) is 49.4 Å². The summed E-state index contributed by atoms with van der Waals surface area (Å²) in [5.41, 5.74) is 1.59. The first kappa shape index (κ1) is 18.5. The molecule has 0 radical (unpaired) electrons. The van der Waals surface area contributed by atoms with Gasteiger partial charge in [0, 0.05) is 10.0 Å². The topological polar surface area (TPSA) is 55.8 Å². The van der Waals surface area contributed by atoms with Gasteiger partial charge in [-0.25, -0.2) is 9.69 Å². The molecule has 26 heavy (non-hydrogen) atoms. The summed E-state index contributed by atoms with van der Waals surface area (Å²) in [7, 11) is 1.56. The number of carbonyl (C=O) groups is 2. The van der Waals surface area contributed by atoms with Crippen LogP contribution in [0.3, 0.4) is 0 Å². The molecule has 3 atom stereocenters. The Hall–Kier alpha value is -2.34. The van der Waals surface area contributed by atoms with Gasteiger partial charge in [0.25, 0.3) is 0 Å². The Balaban J connectivity index is 1.88. The van der Waals surface area contributed by atoms with Gasteiger partial charge < -0.3 is 9.47 Å². The van der Waals surface area contributed by atoms with Crippen LogP contribution in [0.5, 0.6) is 5.75 Å². The Bertz CT molecular complexity index is 824. The number of ether oxygens (including phenoxy) is 2. The Morgan fingerprint density at radius 3 is 2.58 bits per heavy atom. The summed E-state index contributed by atoms with van der Waals surface area (Å²) < 4.78 is 11.7. The van der Waals surface area contributed by atoms with Gasteiger partial charge in [0.05, 0.1) is 19.1 Å². The molecule has 6 heteroatoms. The van der Waals surface area contributed by atoms with Gasteiger partial charge in [-0.1, -0.05) is 46.3 Å². The van der Waals surface area contributed by atoms with Crippen molar-refractivity contribution in [3.05, 3.63) is 64.1 Å². The Labute approximate surface area is 161 Å². The van der Waals surface area contributed by atoms with Crippen LogP contribution in [-0.2, 0) is 9.53 Å². The molecular weight excluding hydrogens is 398 g/mol. The van der Waals surface area contributed by atoms with Gasteiger partial charge in [-0.2, -0.15) is 0 Å². The third-order valence-corrected chi connectivity index (χ3v) is 5.16. The summed E-state index contributed by atoms with van der Waals surface area (Å²) >= 11 is 3.42. The molecule has 136 valence electrons. The van der Waals surface area contributed by atoms with Crippen LogP contribution in [0, 0.1) is 0 Å². The Kier molecular flexibility index (Phi) is 5.32. The predicted molar refractivity (Wildman–Crippen MR) is 101 cm³/mol. The molecule has 0 N–H and O–H groups in total. The first-order valence-corrected chi connectivity index (χ1v) is 9.15.